The number of pyridine rings is 1. The average molecular weight is 242 g/mol. The third kappa shape index (κ3) is 2.11. The Kier molecular flexibility index (Phi) is 3.26. The predicted octanol–water partition coefficient (Wildman–Crippen LogP) is 2.27. The molecule has 0 spiro atoms. The van der Waals surface area contributed by atoms with Gasteiger partial charge in [0.25, 0.3) is 0 Å². The molecule has 0 aliphatic carbocycles. The molecule has 1 aromatic heterocycles. The van der Waals surface area contributed by atoms with Crippen LogP contribution >= 0.6 is 0 Å². The summed E-state index contributed by atoms with van der Waals surface area (Å²) in [4.78, 5) is 4.18. The highest BCUT2D eigenvalue weighted by Crippen LogP contribution is 2.32. The van der Waals surface area contributed by atoms with Crippen LogP contribution in [0.4, 0.5) is 0 Å². The molecule has 1 unspecified atom stereocenters. The third-order valence-electron chi connectivity index (χ3n) is 3.87. The Balaban J connectivity index is 1.97. The van der Waals surface area contributed by atoms with Gasteiger partial charge < -0.3 is 10.4 Å². The Labute approximate surface area is 107 Å². The molecular formula is C15H18N2O. The third-order valence-corrected chi connectivity index (χ3v) is 3.87. The first kappa shape index (κ1) is 11.6. The van der Waals surface area contributed by atoms with E-state index in [4.69, 9.17) is 0 Å². The van der Waals surface area contributed by atoms with Crippen molar-refractivity contribution in [2.24, 2.45) is 5.92 Å². The molecule has 3 nitrogen and oxygen atoms in total. The maximum absolute atomic E-state index is 10.6. The molecule has 1 atom stereocenters. The number of aromatic nitrogens is 1. The van der Waals surface area contributed by atoms with Crippen LogP contribution in [0.1, 0.15) is 24.5 Å². The van der Waals surface area contributed by atoms with E-state index < -0.39 is 0 Å². The molecule has 1 fully saturated rings. The fourth-order valence-electron chi connectivity index (χ4n) is 2.81. The Hall–Kier alpha value is -1.45. The lowest BCUT2D eigenvalue weighted by Gasteiger charge is -2.28. The molecule has 0 amide bonds. The van der Waals surface area contributed by atoms with Crippen LogP contribution in [0.3, 0.4) is 0 Å². The monoisotopic (exact) mass is 242 g/mol. The van der Waals surface area contributed by atoms with Gasteiger partial charge in [-0.2, -0.15) is 0 Å². The van der Waals surface area contributed by atoms with Crippen LogP contribution in [-0.4, -0.2) is 23.2 Å². The van der Waals surface area contributed by atoms with E-state index in [1.165, 1.54) is 0 Å². The highest BCUT2D eigenvalue weighted by atomic mass is 16.3. The van der Waals surface area contributed by atoms with Gasteiger partial charge in [-0.1, -0.05) is 18.2 Å². The molecule has 2 N–H and O–H groups in total. The summed E-state index contributed by atoms with van der Waals surface area (Å²) >= 11 is 0. The van der Waals surface area contributed by atoms with Crippen molar-refractivity contribution in [3.05, 3.63) is 42.2 Å². The second-order valence-corrected chi connectivity index (χ2v) is 4.98. The summed E-state index contributed by atoms with van der Waals surface area (Å²) in [6.07, 6.45) is 5.35. The van der Waals surface area contributed by atoms with Crippen molar-refractivity contribution in [3.8, 4) is 0 Å². The summed E-state index contributed by atoms with van der Waals surface area (Å²) in [5.41, 5.74) is 1.02. The molecule has 0 saturated carbocycles. The second-order valence-electron chi connectivity index (χ2n) is 4.98. The number of hydrogen-bond acceptors (Lipinski definition) is 3. The van der Waals surface area contributed by atoms with Gasteiger partial charge >= 0.3 is 0 Å². The van der Waals surface area contributed by atoms with Gasteiger partial charge in [-0.05, 0) is 48.9 Å². The van der Waals surface area contributed by atoms with Gasteiger partial charge in [0.2, 0.25) is 0 Å². The van der Waals surface area contributed by atoms with Crippen LogP contribution in [-0.2, 0) is 0 Å². The minimum absolute atomic E-state index is 0.358. The number of nitrogens with zero attached hydrogens (tertiary/aromatic N) is 1. The van der Waals surface area contributed by atoms with Crippen LogP contribution in [0.25, 0.3) is 10.8 Å². The number of piperidine rings is 1. The first-order valence-electron chi connectivity index (χ1n) is 6.57. The van der Waals surface area contributed by atoms with Crippen molar-refractivity contribution >= 4 is 10.8 Å². The smallest absolute Gasteiger partial charge is 0.0825 e. The number of aliphatic hydroxyl groups is 1. The van der Waals surface area contributed by atoms with Gasteiger partial charge in [-0.15, -0.1) is 0 Å². The number of benzene rings is 1. The lowest BCUT2D eigenvalue weighted by Crippen LogP contribution is -2.30. The van der Waals surface area contributed by atoms with Gasteiger partial charge in [0.05, 0.1) is 6.10 Å². The number of fused-ring (bicyclic) bond motifs is 1. The van der Waals surface area contributed by atoms with Crippen molar-refractivity contribution in [3.63, 3.8) is 0 Å². The molecule has 2 aromatic rings. The minimum atomic E-state index is -0.375. The SMILES string of the molecule is OC(c1cccc2ccncc12)C1CCNCC1. The van der Waals surface area contributed by atoms with E-state index >= 15 is 0 Å². The Morgan fingerprint density at radius 2 is 2.06 bits per heavy atom. The Morgan fingerprint density at radius 3 is 2.89 bits per heavy atom. The largest absolute Gasteiger partial charge is 0.388 e. The highest BCUT2D eigenvalue weighted by Gasteiger charge is 2.24. The summed E-state index contributed by atoms with van der Waals surface area (Å²) in [5.74, 6) is 0.358. The van der Waals surface area contributed by atoms with Crippen LogP contribution < -0.4 is 5.32 Å². The van der Waals surface area contributed by atoms with E-state index in [0.717, 1.165) is 42.3 Å². The summed E-state index contributed by atoms with van der Waals surface area (Å²) in [6, 6.07) is 8.10. The van der Waals surface area contributed by atoms with Crippen LogP contribution in [0.5, 0.6) is 0 Å². The Bertz CT molecular complexity index is 530. The number of aliphatic hydroxyl groups excluding tert-OH is 1. The normalized spacial score (nSPS) is 18.9. The number of hydrogen-bond donors (Lipinski definition) is 2. The second kappa shape index (κ2) is 5.04. The predicted molar refractivity (Wildman–Crippen MR) is 72.3 cm³/mol. The molecule has 3 heteroatoms. The number of nitrogens with one attached hydrogen (secondary N) is 1. The van der Waals surface area contributed by atoms with Crippen molar-refractivity contribution in [1.82, 2.24) is 10.3 Å². The van der Waals surface area contributed by atoms with Gasteiger partial charge in [-0.3, -0.25) is 4.98 Å². The molecule has 3 rings (SSSR count). The highest BCUT2D eigenvalue weighted by molar-refractivity contribution is 5.85. The summed E-state index contributed by atoms with van der Waals surface area (Å²) in [6.45, 7) is 2.01. The molecular weight excluding hydrogens is 224 g/mol. The number of rotatable bonds is 2. The Morgan fingerprint density at radius 1 is 1.22 bits per heavy atom. The molecule has 1 aliphatic rings. The van der Waals surface area contributed by atoms with Gasteiger partial charge in [-0.25, -0.2) is 0 Å². The molecule has 18 heavy (non-hydrogen) atoms. The van der Waals surface area contributed by atoms with Crippen LogP contribution in [0.2, 0.25) is 0 Å². The molecule has 0 radical (unpaired) electrons. The minimum Gasteiger partial charge on any atom is -0.388 e. The first-order valence-corrected chi connectivity index (χ1v) is 6.57. The first-order chi connectivity index (χ1) is 8.86. The van der Waals surface area contributed by atoms with Gasteiger partial charge in [0.15, 0.2) is 0 Å². The van der Waals surface area contributed by atoms with Crippen molar-refractivity contribution in [1.29, 1.82) is 0 Å². The summed E-state index contributed by atoms with van der Waals surface area (Å²) in [5, 5.41) is 16.1. The zero-order chi connectivity index (χ0) is 12.4. The van der Waals surface area contributed by atoms with Crippen LogP contribution in [0.15, 0.2) is 36.7 Å². The van der Waals surface area contributed by atoms with Crippen molar-refractivity contribution in [2.45, 2.75) is 18.9 Å². The van der Waals surface area contributed by atoms with Crippen molar-refractivity contribution in [2.75, 3.05) is 13.1 Å². The average Bonchev–Trinajstić information content (AvgIpc) is 2.47. The lowest BCUT2D eigenvalue weighted by molar-refractivity contribution is 0.0902. The topological polar surface area (TPSA) is 45.2 Å². The van der Waals surface area contributed by atoms with E-state index in [1.54, 1.807) is 6.20 Å². The fourth-order valence-corrected chi connectivity index (χ4v) is 2.81. The summed E-state index contributed by atoms with van der Waals surface area (Å²) in [7, 11) is 0. The van der Waals surface area contributed by atoms with E-state index in [-0.39, 0.29) is 6.10 Å². The van der Waals surface area contributed by atoms with E-state index in [9.17, 15) is 5.11 Å². The summed E-state index contributed by atoms with van der Waals surface area (Å²) < 4.78 is 0. The van der Waals surface area contributed by atoms with E-state index in [0.29, 0.717) is 5.92 Å². The molecule has 0 bridgehead atoms. The van der Waals surface area contributed by atoms with E-state index in [2.05, 4.69) is 16.4 Å². The molecule has 1 aliphatic heterocycles. The van der Waals surface area contributed by atoms with Crippen LogP contribution in [0, 0.1) is 5.92 Å². The molecule has 2 heterocycles. The van der Waals surface area contributed by atoms with Gasteiger partial charge in [0, 0.05) is 17.8 Å². The maximum Gasteiger partial charge on any atom is 0.0825 e. The quantitative estimate of drug-likeness (QED) is 0.849. The van der Waals surface area contributed by atoms with Gasteiger partial charge in [0.1, 0.15) is 0 Å². The zero-order valence-electron chi connectivity index (χ0n) is 10.3. The molecule has 1 aromatic carbocycles. The van der Waals surface area contributed by atoms with Crippen molar-refractivity contribution < 1.29 is 5.11 Å². The lowest BCUT2D eigenvalue weighted by atomic mass is 9.86. The molecule has 1 saturated heterocycles. The zero-order valence-corrected chi connectivity index (χ0v) is 10.3. The standard InChI is InChI=1S/C15H18N2O/c18-15(12-5-7-16-8-6-12)13-3-1-2-11-4-9-17-10-14(11)13/h1-4,9-10,12,15-16,18H,5-8H2. The molecule has 94 valence electrons. The van der Waals surface area contributed by atoms with E-state index in [1.807, 2.05) is 24.4 Å². The fraction of sp³-hybridized carbons (Fsp3) is 0.400. The maximum atomic E-state index is 10.6.